The van der Waals surface area contributed by atoms with Crippen LogP contribution in [-0.2, 0) is 4.79 Å². The molecule has 4 atom stereocenters. The molecule has 0 spiro atoms. The number of hydrogen-bond donors (Lipinski definition) is 1. The zero-order chi connectivity index (χ0) is 12.4. The van der Waals surface area contributed by atoms with E-state index >= 15 is 0 Å². The summed E-state index contributed by atoms with van der Waals surface area (Å²) in [6.45, 7) is 6.35. The molecule has 0 aromatic carbocycles. The van der Waals surface area contributed by atoms with E-state index in [4.69, 9.17) is 5.73 Å². The van der Waals surface area contributed by atoms with Gasteiger partial charge < -0.3 is 10.6 Å². The molecule has 1 aliphatic heterocycles. The minimum atomic E-state index is 0.0926. The van der Waals surface area contributed by atoms with Crippen molar-refractivity contribution >= 4 is 5.91 Å². The third-order valence-electron chi connectivity index (χ3n) is 4.69. The normalized spacial score (nSPS) is 39.1. The fourth-order valence-electron chi connectivity index (χ4n) is 3.19. The van der Waals surface area contributed by atoms with E-state index in [2.05, 4.69) is 18.7 Å². The van der Waals surface area contributed by atoms with Crippen molar-refractivity contribution in [3.8, 4) is 0 Å². The van der Waals surface area contributed by atoms with Crippen LogP contribution in [0.3, 0.4) is 0 Å². The summed E-state index contributed by atoms with van der Waals surface area (Å²) in [6.07, 6.45) is 5.62. The van der Waals surface area contributed by atoms with Gasteiger partial charge in [0.1, 0.15) is 0 Å². The van der Waals surface area contributed by atoms with E-state index in [0.717, 1.165) is 25.9 Å². The van der Waals surface area contributed by atoms with Gasteiger partial charge in [-0.15, -0.1) is 0 Å². The molecule has 0 aromatic heterocycles. The topological polar surface area (TPSA) is 46.3 Å². The molecule has 0 radical (unpaired) electrons. The maximum absolute atomic E-state index is 12.5. The molecule has 2 fully saturated rings. The number of nitrogens with zero attached hydrogens (tertiary/aromatic N) is 1. The largest absolute Gasteiger partial charge is 0.342 e. The van der Waals surface area contributed by atoms with Gasteiger partial charge in [-0.2, -0.15) is 0 Å². The Morgan fingerprint density at radius 3 is 2.29 bits per heavy atom. The molecule has 3 nitrogen and oxygen atoms in total. The van der Waals surface area contributed by atoms with Gasteiger partial charge in [-0.05, 0) is 24.7 Å². The second-order valence-electron chi connectivity index (χ2n) is 6.11. The Kier molecular flexibility index (Phi) is 4.08. The zero-order valence-electron chi connectivity index (χ0n) is 11.2. The first-order valence-corrected chi connectivity index (χ1v) is 7.14. The van der Waals surface area contributed by atoms with Crippen LogP contribution in [0.15, 0.2) is 0 Å². The molecule has 1 amide bonds. The van der Waals surface area contributed by atoms with Crippen LogP contribution < -0.4 is 5.73 Å². The van der Waals surface area contributed by atoms with Crippen LogP contribution in [0.25, 0.3) is 0 Å². The number of carbonyl (C=O) groups is 1. The molecular weight excluding hydrogens is 212 g/mol. The molecule has 2 N–H and O–H groups in total. The Balaban J connectivity index is 1.98. The minimum absolute atomic E-state index is 0.0926. The van der Waals surface area contributed by atoms with E-state index in [1.165, 1.54) is 19.3 Å². The van der Waals surface area contributed by atoms with E-state index < -0.39 is 0 Å². The van der Waals surface area contributed by atoms with Crippen LogP contribution in [-0.4, -0.2) is 29.9 Å². The van der Waals surface area contributed by atoms with Gasteiger partial charge in [0, 0.05) is 19.1 Å². The van der Waals surface area contributed by atoms with Gasteiger partial charge in [-0.1, -0.05) is 33.1 Å². The van der Waals surface area contributed by atoms with Crippen molar-refractivity contribution in [3.05, 3.63) is 0 Å². The van der Waals surface area contributed by atoms with Crippen LogP contribution in [0.1, 0.15) is 46.0 Å². The molecule has 3 heteroatoms. The highest BCUT2D eigenvalue weighted by Gasteiger charge is 2.35. The number of hydrogen-bond acceptors (Lipinski definition) is 2. The average molecular weight is 238 g/mol. The first-order chi connectivity index (χ1) is 8.09. The lowest BCUT2D eigenvalue weighted by Gasteiger charge is -2.26. The molecule has 1 heterocycles. The summed E-state index contributed by atoms with van der Waals surface area (Å²) in [5.41, 5.74) is 6.17. The van der Waals surface area contributed by atoms with Crippen molar-refractivity contribution in [2.24, 2.45) is 23.5 Å². The first-order valence-electron chi connectivity index (χ1n) is 7.14. The lowest BCUT2D eigenvalue weighted by Crippen LogP contribution is -2.43. The highest BCUT2D eigenvalue weighted by atomic mass is 16.2. The van der Waals surface area contributed by atoms with E-state index in [-0.39, 0.29) is 12.0 Å². The smallest absolute Gasteiger partial charge is 0.227 e. The molecule has 2 rings (SSSR count). The SMILES string of the molecule is CC1CN(C(=O)C2CCCCCC2N)CC1C. The lowest BCUT2D eigenvalue weighted by atomic mass is 9.94. The third kappa shape index (κ3) is 2.82. The standard InChI is InChI=1S/C14H26N2O/c1-10-8-16(9-11(10)2)14(17)12-6-4-3-5-7-13(12)15/h10-13H,3-9,15H2,1-2H3. The number of amides is 1. The summed E-state index contributed by atoms with van der Waals surface area (Å²) < 4.78 is 0. The fourth-order valence-corrected chi connectivity index (χ4v) is 3.19. The van der Waals surface area contributed by atoms with Crippen molar-refractivity contribution in [1.82, 2.24) is 4.90 Å². The van der Waals surface area contributed by atoms with Gasteiger partial charge in [0.05, 0.1) is 5.92 Å². The van der Waals surface area contributed by atoms with Crippen molar-refractivity contribution in [2.75, 3.05) is 13.1 Å². The molecule has 17 heavy (non-hydrogen) atoms. The summed E-state index contributed by atoms with van der Waals surface area (Å²) in [5.74, 6) is 1.70. The van der Waals surface area contributed by atoms with Crippen LogP contribution in [0.2, 0.25) is 0 Å². The predicted molar refractivity (Wildman–Crippen MR) is 69.5 cm³/mol. The summed E-state index contributed by atoms with van der Waals surface area (Å²) in [4.78, 5) is 14.6. The third-order valence-corrected chi connectivity index (χ3v) is 4.69. The molecule has 1 aliphatic carbocycles. The predicted octanol–water partition coefficient (Wildman–Crippen LogP) is 2.01. The molecular formula is C14H26N2O. The summed E-state index contributed by atoms with van der Waals surface area (Å²) in [6, 6.07) is 0.0937. The second kappa shape index (κ2) is 5.38. The second-order valence-corrected chi connectivity index (χ2v) is 6.11. The quantitative estimate of drug-likeness (QED) is 0.710. The molecule has 0 bridgehead atoms. The van der Waals surface area contributed by atoms with Crippen molar-refractivity contribution < 1.29 is 4.79 Å². The first kappa shape index (κ1) is 12.9. The molecule has 0 aromatic rings. The maximum atomic E-state index is 12.5. The molecule has 1 saturated heterocycles. The molecule has 4 unspecified atom stereocenters. The fraction of sp³-hybridized carbons (Fsp3) is 0.929. The van der Waals surface area contributed by atoms with Crippen LogP contribution in [0.5, 0.6) is 0 Å². The number of nitrogens with two attached hydrogens (primary N) is 1. The van der Waals surface area contributed by atoms with Gasteiger partial charge in [-0.25, -0.2) is 0 Å². The van der Waals surface area contributed by atoms with Crippen molar-refractivity contribution in [3.63, 3.8) is 0 Å². The maximum Gasteiger partial charge on any atom is 0.227 e. The van der Waals surface area contributed by atoms with Gasteiger partial charge in [0.15, 0.2) is 0 Å². The minimum Gasteiger partial charge on any atom is -0.342 e. The molecule has 98 valence electrons. The highest BCUT2D eigenvalue weighted by Crippen LogP contribution is 2.28. The summed E-state index contributed by atoms with van der Waals surface area (Å²) in [5, 5.41) is 0. The lowest BCUT2D eigenvalue weighted by molar-refractivity contribution is -0.135. The number of carbonyl (C=O) groups excluding carboxylic acids is 1. The van der Waals surface area contributed by atoms with E-state index in [1.807, 2.05) is 0 Å². The van der Waals surface area contributed by atoms with E-state index in [9.17, 15) is 4.79 Å². The Morgan fingerprint density at radius 2 is 1.65 bits per heavy atom. The Morgan fingerprint density at radius 1 is 1.06 bits per heavy atom. The Labute approximate surface area is 105 Å². The van der Waals surface area contributed by atoms with Gasteiger partial charge in [0.25, 0.3) is 0 Å². The Hall–Kier alpha value is -0.570. The van der Waals surface area contributed by atoms with Crippen LogP contribution >= 0.6 is 0 Å². The highest BCUT2D eigenvalue weighted by molar-refractivity contribution is 5.80. The van der Waals surface area contributed by atoms with E-state index in [1.54, 1.807) is 0 Å². The zero-order valence-corrected chi connectivity index (χ0v) is 11.2. The number of likely N-dealkylation sites (tertiary alicyclic amines) is 1. The summed E-state index contributed by atoms with van der Waals surface area (Å²) in [7, 11) is 0. The van der Waals surface area contributed by atoms with Crippen molar-refractivity contribution in [2.45, 2.75) is 52.0 Å². The average Bonchev–Trinajstić information content (AvgIpc) is 2.51. The van der Waals surface area contributed by atoms with Crippen molar-refractivity contribution in [1.29, 1.82) is 0 Å². The van der Waals surface area contributed by atoms with Gasteiger partial charge in [0.2, 0.25) is 5.91 Å². The molecule has 2 aliphatic rings. The molecule has 1 saturated carbocycles. The summed E-state index contributed by atoms with van der Waals surface area (Å²) >= 11 is 0. The van der Waals surface area contributed by atoms with Gasteiger partial charge >= 0.3 is 0 Å². The van der Waals surface area contributed by atoms with Crippen LogP contribution in [0.4, 0.5) is 0 Å². The number of rotatable bonds is 1. The van der Waals surface area contributed by atoms with Gasteiger partial charge in [-0.3, -0.25) is 4.79 Å². The Bertz CT molecular complexity index is 269. The van der Waals surface area contributed by atoms with E-state index in [0.29, 0.717) is 17.7 Å². The van der Waals surface area contributed by atoms with Crippen LogP contribution in [0, 0.1) is 17.8 Å². The monoisotopic (exact) mass is 238 g/mol.